The van der Waals surface area contributed by atoms with E-state index in [2.05, 4.69) is 9.71 Å². The number of aromatic nitrogens is 1. The quantitative estimate of drug-likeness (QED) is 0.685. The third-order valence-electron chi connectivity index (χ3n) is 3.50. The van der Waals surface area contributed by atoms with Crippen LogP contribution in [0.1, 0.15) is 22.8 Å². The van der Waals surface area contributed by atoms with Crippen molar-refractivity contribution in [2.24, 2.45) is 0 Å². The molecular formula is C16H14N2O5S. The Hall–Kier alpha value is -2.71. The number of Topliss-reactive ketones (excluding diaryl/α,β-unsaturated/α-hetero) is 1. The molecule has 0 aliphatic carbocycles. The van der Waals surface area contributed by atoms with E-state index in [4.69, 9.17) is 4.42 Å². The molecule has 0 radical (unpaired) electrons. The van der Waals surface area contributed by atoms with Crippen molar-refractivity contribution >= 4 is 26.9 Å². The summed E-state index contributed by atoms with van der Waals surface area (Å²) < 4.78 is 32.1. The third-order valence-corrected chi connectivity index (χ3v) is 4.90. The normalized spacial score (nSPS) is 11.7. The van der Waals surface area contributed by atoms with Gasteiger partial charge >= 0.3 is 5.76 Å². The van der Waals surface area contributed by atoms with Gasteiger partial charge in [-0.3, -0.25) is 9.78 Å². The Morgan fingerprint density at radius 3 is 2.75 bits per heavy atom. The zero-order valence-electron chi connectivity index (χ0n) is 12.7. The first-order chi connectivity index (χ1) is 11.3. The molecule has 7 nitrogen and oxygen atoms in total. The Bertz CT molecular complexity index is 1080. The second-order valence-electron chi connectivity index (χ2n) is 5.25. The second kappa shape index (κ2) is 6.06. The van der Waals surface area contributed by atoms with Gasteiger partial charge in [0.1, 0.15) is 0 Å². The van der Waals surface area contributed by atoms with Crippen LogP contribution >= 0.6 is 0 Å². The molecule has 0 unspecified atom stereocenters. The second-order valence-corrected chi connectivity index (χ2v) is 7.02. The average Bonchev–Trinajstić information content (AvgIpc) is 2.92. The minimum atomic E-state index is -3.76. The molecule has 24 heavy (non-hydrogen) atoms. The lowest BCUT2D eigenvalue weighted by Gasteiger charge is -2.08. The molecule has 2 N–H and O–H groups in total. The molecule has 2 aromatic carbocycles. The number of carbonyl (C=O) groups is 1. The van der Waals surface area contributed by atoms with Gasteiger partial charge < -0.3 is 4.42 Å². The maximum Gasteiger partial charge on any atom is 0.417 e. The SMILES string of the molecule is CC(=O)c1cccc(S(=O)(=O)NCc2ccc3[nH]c(=O)oc3c2)c1. The van der Waals surface area contributed by atoms with Crippen LogP contribution in [0.4, 0.5) is 0 Å². The molecule has 0 amide bonds. The Morgan fingerprint density at radius 2 is 2.00 bits per heavy atom. The summed E-state index contributed by atoms with van der Waals surface area (Å²) >= 11 is 0. The van der Waals surface area contributed by atoms with E-state index in [1.165, 1.54) is 25.1 Å². The predicted molar refractivity (Wildman–Crippen MR) is 87.3 cm³/mol. The van der Waals surface area contributed by atoms with Crippen LogP contribution in [-0.4, -0.2) is 19.2 Å². The van der Waals surface area contributed by atoms with E-state index < -0.39 is 15.8 Å². The molecule has 3 rings (SSSR count). The van der Waals surface area contributed by atoms with Crippen molar-refractivity contribution in [1.29, 1.82) is 0 Å². The highest BCUT2D eigenvalue weighted by molar-refractivity contribution is 7.89. The molecule has 0 bridgehead atoms. The lowest BCUT2D eigenvalue weighted by atomic mass is 10.2. The predicted octanol–water partition coefficient (Wildman–Crippen LogP) is 1.80. The fourth-order valence-corrected chi connectivity index (χ4v) is 3.31. The van der Waals surface area contributed by atoms with E-state index in [1.807, 2.05) is 0 Å². The topological polar surface area (TPSA) is 109 Å². The summed E-state index contributed by atoms with van der Waals surface area (Å²) in [6.45, 7) is 1.40. The molecule has 0 aliphatic rings. The summed E-state index contributed by atoms with van der Waals surface area (Å²) in [5.74, 6) is -0.774. The lowest BCUT2D eigenvalue weighted by molar-refractivity contribution is 0.101. The van der Waals surface area contributed by atoms with Gasteiger partial charge in [0.15, 0.2) is 11.4 Å². The van der Waals surface area contributed by atoms with Crippen LogP contribution in [0.15, 0.2) is 56.6 Å². The van der Waals surface area contributed by atoms with E-state index in [1.54, 1.807) is 24.3 Å². The molecule has 0 saturated carbocycles. The molecular weight excluding hydrogens is 332 g/mol. The Balaban J connectivity index is 1.82. The summed E-state index contributed by atoms with van der Waals surface area (Å²) in [6.07, 6.45) is 0. The monoisotopic (exact) mass is 346 g/mol. The van der Waals surface area contributed by atoms with Gasteiger partial charge in [-0.2, -0.15) is 0 Å². The molecule has 8 heteroatoms. The van der Waals surface area contributed by atoms with Crippen molar-refractivity contribution in [2.45, 2.75) is 18.4 Å². The summed E-state index contributed by atoms with van der Waals surface area (Å²) in [5.41, 5.74) is 1.86. The number of ketones is 1. The zero-order chi connectivity index (χ0) is 17.3. The van der Waals surface area contributed by atoms with Crippen LogP contribution in [0, 0.1) is 0 Å². The summed E-state index contributed by atoms with van der Waals surface area (Å²) in [6, 6.07) is 10.7. The van der Waals surface area contributed by atoms with Crippen LogP contribution < -0.4 is 10.5 Å². The largest absolute Gasteiger partial charge is 0.417 e. The highest BCUT2D eigenvalue weighted by Crippen LogP contribution is 2.15. The molecule has 0 atom stereocenters. The fraction of sp³-hybridized carbons (Fsp3) is 0.125. The maximum absolute atomic E-state index is 12.3. The molecule has 0 fully saturated rings. The Morgan fingerprint density at radius 1 is 1.21 bits per heavy atom. The van der Waals surface area contributed by atoms with Gasteiger partial charge in [0.2, 0.25) is 10.0 Å². The first-order valence-corrected chi connectivity index (χ1v) is 8.56. The third kappa shape index (κ3) is 3.29. The highest BCUT2D eigenvalue weighted by atomic mass is 32.2. The number of H-pyrrole nitrogens is 1. The Labute approximate surface area is 137 Å². The molecule has 0 spiro atoms. The first kappa shape index (κ1) is 16.2. The maximum atomic E-state index is 12.3. The number of aromatic amines is 1. The van der Waals surface area contributed by atoms with E-state index in [0.717, 1.165) is 0 Å². The molecule has 0 aliphatic heterocycles. The smallest absolute Gasteiger partial charge is 0.408 e. The van der Waals surface area contributed by atoms with E-state index in [0.29, 0.717) is 22.2 Å². The van der Waals surface area contributed by atoms with Crippen molar-refractivity contribution in [3.63, 3.8) is 0 Å². The van der Waals surface area contributed by atoms with Crippen molar-refractivity contribution in [2.75, 3.05) is 0 Å². The standard InChI is InChI=1S/C16H14N2O5S/c1-10(19)12-3-2-4-13(8-12)24(21,22)17-9-11-5-6-14-15(7-11)23-16(20)18-14/h2-8,17H,9H2,1H3,(H,18,20). The number of hydrogen-bond donors (Lipinski definition) is 2. The highest BCUT2D eigenvalue weighted by Gasteiger charge is 2.15. The minimum absolute atomic E-state index is 0.0180. The van der Waals surface area contributed by atoms with Gasteiger partial charge in [0, 0.05) is 12.1 Å². The van der Waals surface area contributed by atoms with Crippen molar-refractivity contribution in [3.8, 4) is 0 Å². The van der Waals surface area contributed by atoms with E-state index in [9.17, 15) is 18.0 Å². The first-order valence-electron chi connectivity index (χ1n) is 7.07. The van der Waals surface area contributed by atoms with Crippen LogP contribution in [-0.2, 0) is 16.6 Å². The Kier molecular flexibility index (Phi) is 4.08. The fourth-order valence-electron chi connectivity index (χ4n) is 2.24. The number of nitrogens with one attached hydrogen (secondary N) is 2. The molecule has 124 valence electrons. The number of rotatable bonds is 5. The number of hydrogen-bond acceptors (Lipinski definition) is 5. The molecule has 1 heterocycles. The van der Waals surface area contributed by atoms with Crippen molar-refractivity contribution in [3.05, 3.63) is 64.1 Å². The van der Waals surface area contributed by atoms with Crippen LogP contribution in [0.3, 0.4) is 0 Å². The van der Waals surface area contributed by atoms with Crippen molar-refractivity contribution in [1.82, 2.24) is 9.71 Å². The van der Waals surface area contributed by atoms with Crippen molar-refractivity contribution < 1.29 is 17.6 Å². The number of sulfonamides is 1. The summed E-state index contributed by atoms with van der Waals surface area (Å²) in [4.78, 5) is 25.0. The van der Waals surface area contributed by atoms with Gasteiger partial charge in [0.25, 0.3) is 0 Å². The zero-order valence-corrected chi connectivity index (χ0v) is 13.5. The lowest BCUT2D eigenvalue weighted by Crippen LogP contribution is -2.23. The van der Waals surface area contributed by atoms with Crippen LogP contribution in [0.2, 0.25) is 0 Å². The molecule has 1 aromatic heterocycles. The molecule has 0 saturated heterocycles. The van der Waals surface area contributed by atoms with E-state index in [-0.39, 0.29) is 17.2 Å². The molecule has 3 aromatic rings. The number of benzene rings is 2. The summed E-state index contributed by atoms with van der Waals surface area (Å²) in [7, 11) is -3.76. The van der Waals surface area contributed by atoms with Crippen LogP contribution in [0.25, 0.3) is 11.1 Å². The van der Waals surface area contributed by atoms with Gasteiger partial charge in [-0.05, 0) is 36.8 Å². The van der Waals surface area contributed by atoms with Gasteiger partial charge in [-0.25, -0.2) is 17.9 Å². The summed E-state index contributed by atoms with van der Waals surface area (Å²) in [5, 5.41) is 0. The van der Waals surface area contributed by atoms with Gasteiger partial charge in [-0.15, -0.1) is 0 Å². The van der Waals surface area contributed by atoms with Gasteiger partial charge in [-0.1, -0.05) is 18.2 Å². The number of fused-ring (bicyclic) bond motifs is 1. The van der Waals surface area contributed by atoms with Crippen LogP contribution in [0.5, 0.6) is 0 Å². The minimum Gasteiger partial charge on any atom is -0.408 e. The average molecular weight is 346 g/mol. The van der Waals surface area contributed by atoms with Gasteiger partial charge in [0.05, 0.1) is 10.4 Å². The number of oxazole rings is 1. The number of carbonyl (C=O) groups excluding carboxylic acids is 1. The van der Waals surface area contributed by atoms with E-state index >= 15 is 0 Å².